The Morgan fingerprint density at radius 2 is 1.00 bits per heavy atom. The van der Waals surface area contributed by atoms with E-state index >= 15 is 0 Å². The molecule has 0 aliphatic heterocycles. The molecule has 0 aliphatic carbocycles. The normalized spacial score (nSPS) is 11.5. The number of benzene rings is 7. The van der Waals surface area contributed by atoms with Crippen LogP contribution < -0.4 is 4.90 Å². The zero-order chi connectivity index (χ0) is 26.5. The summed E-state index contributed by atoms with van der Waals surface area (Å²) >= 11 is 0. The molecule has 1 heterocycles. The van der Waals surface area contributed by atoms with Crippen molar-refractivity contribution in [3.8, 4) is 5.69 Å². The van der Waals surface area contributed by atoms with Crippen molar-refractivity contribution >= 4 is 60.4 Å². The van der Waals surface area contributed by atoms with Crippen molar-refractivity contribution in [2.75, 3.05) is 4.90 Å². The van der Waals surface area contributed by atoms with Crippen LogP contribution in [0, 0.1) is 0 Å². The van der Waals surface area contributed by atoms with Crippen molar-refractivity contribution in [1.82, 2.24) is 4.57 Å². The molecule has 2 nitrogen and oxygen atoms in total. The van der Waals surface area contributed by atoms with Gasteiger partial charge in [0, 0.05) is 27.5 Å². The van der Waals surface area contributed by atoms with E-state index in [0.717, 1.165) is 17.1 Å². The first-order valence-corrected chi connectivity index (χ1v) is 13.7. The van der Waals surface area contributed by atoms with Gasteiger partial charge < -0.3 is 9.47 Å². The number of fused-ring (bicyclic) bond motifs is 6. The average Bonchev–Trinajstić information content (AvgIpc) is 3.37. The second kappa shape index (κ2) is 9.14. The fourth-order valence-corrected chi connectivity index (χ4v) is 6.25. The summed E-state index contributed by atoms with van der Waals surface area (Å²) in [5, 5.41) is 7.47. The smallest absolute Gasteiger partial charge is 0.0562 e. The van der Waals surface area contributed by atoms with Crippen molar-refractivity contribution < 1.29 is 0 Å². The van der Waals surface area contributed by atoms with Gasteiger partial charge in [-0.25, -0.2) is 0 Å². The number of hydrogen-bond donors (Lipinski definition) is 0. The van der Waals surface area contributed by atoms with Crippen LogP contribution in [0.5, 0.6) is 0 Å². The van der Waals surface area contributed by atoms with Gasteiger partial charge in [-0.2, -0.15) is 0 Å². The van der Waals surface area contributed by atoms with Gasteiger partial charge in [0.05, 0.1) is 22.4 Å². The highest BCUT2D eigenvalue weighted by molar-refractivity contribution is 6.19. The molecular weight excluding hydrogens is 484 g/mol. The molecule has 0 bridgehead atoms. The van der Waals surface area contributed by atoms with E-state index in [4.69, 9.17) is 0 Å². The van der Waals surface area contributed by atoms with E-state index in [-0.39, 0.29) is 0 Å². The molecule has 0 amide bonds. The molecule has 1 aromatic heterocycles. The maximum Gasteiger partial charge on any atom is 0.0562 e. The number of aromatic nitrogens is 1. The summed E-state index contributed by atoms with van der Waals surface area (Å²) in [6.45, 7) is 0. The summed E-state index contributed by atoms with van der Waals surface area (Å²) in [7, 11) is 0. The highest BCUT2D eigenvalue weighted by Gasteiger charge is 2.22. The Morgan fingerprint density at radius 3 is 1.80 bits per heavy atom. The predicted molar refractivity (Wildman–Crippen MR) is 170 cm³/mol. The van der Waals surface area contributed by atoms with Gasteiger partial charge in [-0.1, -0.05) is 109 Å². The van der Waals surface area contributed by atoms with E-state index < -0.39 is 0 Å². The van der Waals surface area contributed by atoms with Gasteiger partial charge in [0.25, 0.3) is 0 Å². The minimum atomic E-state index is 1.13. The summed E-state index contributed by atoms with van der Waals surface area (Å²) in [6.07, 6.45) is 0. The number of para-hydroxylation sites is 3. The zero-order valence-corrected chi connectivity index (χ0v) is 21.9. The van der Waals surface area contributed by atoms with Crippen LogP contribution in [0.15, 0.2) is 158 Å². The third-order valence-corrected chi connectivity index (χ3v) is 7.93. The number of rotatable bonds is 4. The molecule has 0 N–H and O–H groups in total. The first-order chi connectivity index (χ1) is 19.9. The van der Waals surface area contributed by atoms with Crippen molar-refractivity contribution in [3.05, 3.63) is 158 Å². The molecule has 0 saturated carbocycles. The monoisotopic (exact) mass is 510 g/mol. The Balaban J connectivity index is 1.52. The predicted octanol–water partition coefficient (Wildman–Crippen LogP) is 10.6. The molecule has 8 rings (SSSR count). The fraction of sp³-hybridized carbons (Fsp3) is 0. The minimum absolute atomic E-state index is 1.13. The van der Waals surface area contributed by atoms with E-state index in [1.165, 1.54) is 49.0 Å². The van der Waals surface area contributed by atoms with Crippen molar-refractivity contribution in [3.63, 3.8) is 0 Å². The van der Waals surface area contributed by atoms with Crippen LogP contribution >= 0.6 is 0 Å². The first kappa shape index (κ1) is 22.6. The molecule has 8 aromatic rings. The Labute approximate surface area is 233 Å². The lowest BCUT2D eigenvalue weighted by atomic mass is 9.98. The lowest BCUT2D eigenvalue weighted by Crippen LogP contribution is -2.11. The number of anilines is 3. The second-order valence-electron chi connectivity index (χ2n) is 10.2. The second-order valence-corrected chi connectivity index (χ2v) is 10.2. The Bertz CT molecular complexity index is 2160. The quantitative estimate of drug-likeness (QED) is 0.214. The fourth-order valence-electron chi connectivity index (χ4n) is 6.25. The lowest BCUT2D eigenvalue weighted by Gasteiger charge is -2.28. The van der Waals surface area contributed by atoms with Crippen LogP contribution in [-0.4, -0.2) is 4.57 Å². The van der Waals surface area contributed by atoms with Gasteiger partial charge in [0.1, 0.15) is 0 Å². The van der Waals surface area contributed by atoms with Crippen LogP contribution in [0.25, 0.3) is 49.0 Å². The van der Waals surface area contributed by atoms with E-state index in [9.17, 15) is 0 Å². The molecule has 0 fully saturated rings. The standard InChI is InChI=1S/C38H26N2/c1-3-15-28(16-4-1)39-34-23-12-11-22-33(34)38-35(39)24-13-25-36(38)40(29-17-5-2-6-18-29)37-26-27-14-7-8-19-30(27)31-20-9-10-21-32(31)37/h1-26H. The summed E-state index contributed by atoms with van der Waals surface area (Å²) < 4.78 is 2.38. The third-order valence-electron chi connectivity index (χ3n) is 7.93. The summed E-state index contributed by atoms with van der Waals surface area (Å²) in [5.41, 5.74) is 7.02. The minimum Gasteiger partial charge on any atom is -0.309 e. The van der Waals surface area contributed by atoms with Crippen molar-refractivity contribution in [1.29, 1.82) is 0 Å². The first-order valence-electron chi connectivity index (χ1n) is 13.7. The topological polar surface area (TPSA) is 8.17 Å². The number of nitrogens with zero attached hydrogens (tertiary/aromatic N) is 2. The molecule has 0 atom stereocenters. The highest BCUT2D eigenvalue weighted by atomic mass is 15.1. The molecule has 0 unspecified atom stereocenters. The Kier molecular flexibility index (Phi) is 5.17. The molecule has 0 radical (unpaired) electrons. The van der Waals surface area contributed by atoms with Crippen LogP contribution in [0.1, 0.15) is 0 Å². The van der Waals surface area contributed by atoms with Crippen LogP contribution in [0.2, 0.25) is 0 Å². The van der Waals surface area contributed by atoms with Gasteiger partial charge in [-0.15, -0.1) is 0 Å². The summed E-state index contributed by atoms with van der Waals surface area (Å²) in [4.78, 5) is 2.44. The molecule has 0 spiro atoms. The van der Waals surface area contributed by atoms with E-state index in [1.807, 2.05) is 0 Å². The molecule has 0 aliphatic rings. The molecule has 40 heavy (non-hydrogen) atoms. The van der Waals surface area contributed by atoms with Crippen molar-refractivity contribution in [2.24, 2.45) is 0 Å². The summed E-state index contributed by atoms with van der Waals surface area (Å²) in [5.74, 6) is 0. The molecule has 2 heteroatoms. The van der Waals surface area contributed by atoms with Gasteiger partial charge in [0.2, 0.25) is 0 Å². The van der Waals surface area contributed by atoms with Crippen LogP contribution in [0.3, 0.4) is 0 Å². The Morgan fingerprint density at radius 1 is 0.400 bits per heavy atom. The van der Waals surface area contributed by atoms with Crippen LogP contribution in [0.4, 0.5) is 17.1 Å². The number of hydrogen-bond acceptors (Lipinski definition) is 1. The molecule has 7 aromatic carbocycles. The maximum atomic E-state index is 2.44. The van der Waals surface area contributed by atoms with Crippen molar-refractivity contribution in [2.45, 2.75) is 0 Å². The van der Waals surface area contributed by atoms with E-state index in [2.05, 4.69) is 167 Å². The molecule has 0 saturated heterocycles. The van der Waals surface area contributed by atoms with Gasteiger partial charge >= 0.3 is 0 Å². The SMILES string of the molecule is c1ccc(N(c2cc3ccccc3c3ccccc23)c2cccc3c2c2ccccc2n3-c2ccccc2)cc1. The summed E-state index contributed by atoms with van der Waals surface area (Å²) in [6, 6.07) is 56.7. The van der Waals surface area contributed by atoms with E-state index in [0.29, 0.717) is 0 Å². The third kappa shape index (κ3) is 3.43. The van der Waals surface area contributed by atoms with Gasteiger partial charge in [-0.3, -0.25) is 0 Å². The average molecular weight is 511 g/mol. The largest absolute Gasteiger partial charge is 0.309 e. The Hall–Kier alpha value is -5.34. The molecular formula is C38H26N2. The van der Waals surface area contributed by atoms with Gasteiger partial charge in [0.15, 0.2) is 0 Å². The molecule has 188 valence electrons. The van der Waals surface area contributed by atoms with Crippen LogP contribution in [-0.2, 0) is 0 Å². The maximum absolute atomic E-state index is 2.44. The van der Waals surface area contributed by atoms with Gasteiger partial charge in [-0.05, 0) is 64.7 Å². The van der Waals surface area contributed by atoms with E-state index in [1.54, 1.807) is 0 Å². The zero-order valence-electron chi connectivity index (χ0n) is 21.9. The highest BCUT2D eigenvalue weighted by Crippen LogP contribution is 2.46. The lowest BCUT2D eigenvalue weighted by molar-refractivity contribution is 1.18.